The zero-order chi connectivity index (χ0) is 19.1. The zero-order valence-corrected chi connectivity index (χ0v) is 14.6. The van der Waals surface area contributed by atoms with Gasteiger partial charge in [-0.2, -0.15) is 0 Å². The van der Waals surface area contributed by atoms with Crippen LogP contribution in [0.4, 0.5) is 0 Å². The fourth-order valence-corrected chi connectivity index (χ4v) is 3.80. The molecule has 2 aromatic rings. The van der Waals surface area contributed by atoms with Gasteiger partial charge in [0.2, 0.25) is 6.29 Å². The molecule has 1 saturated heterocycles. The average Bonchev–Trinajstić information content (AvgIpc) is 2.68. The van der Waals surface area contributed by atoms with Crippen molar-refractivity contribution < 1.29 is 34.3 Å². The van der Waals surface area contributed by atoms with Gasteiger partial charge in [0, 0.05) is 17.0 Å². The third kappa shape index (κ3) is 3.24. The maximum absolute atomic E-state index is 12.2. The van der Waals surface area contributed by atoms with E-state index in [1.165, 1.54) is 6.07 Å². The molecule has 27 heavy (non-hydrogen) atoms. The van der Waals surface area contributed by atoms with Crippen LogP contribution in [-0.4, -0.2) is 57.7 Å². The summed E-state index contributed by atoms with van der Waals surface area (Å²) in [6.45, 7) is -0.538. The van der Waals surface area contributed by atoms with Crippen molar-refractivity contribution in [3.63, 3.8) is 0 Å². The molecule has 1 fully saturated rings. The van der Waals surface area contributed by atoms with Crippen LogP contribution in [0.3, 0.4) is 0 Å². The van der Waals surface area contributed by atoms with Crippen LogP contribution < -0.4 is 10.4 Å². The normalized spacial score (nSPS) is 30.9. The molecule has 146 valence electrons. The monoisotopic (exact) mass is 378 g/mol. The first kappa shape index (κ1) is 18.4. The quantitative estimate of drug-likeness (QED) is 0.543. The van der Waals surface area contributed by atoms with Gasteiger partial charge in [-0.1, -0.05) is 0 Å². The summed E-state index contributed by atoms with van der Waals surface area (Å²) >= 11 is 0. The SMILES string of the molecule is O=c1oc2cc(O[C@H]3O[C@H](CO)[C@@H](O)[C@H](O)[C@H]3O)ccc2c2c1CCCC2. The Labute approximate surface area is 154 Å². The number of ether oxygens (including phenoxy) is 2. The van der Waals surface area contributed by atoms with E-state index in [9.17, 15) is 25.2 Å². The lowest BCUT2D eigenvalue weighted by atomic mass is 9.91. The molecule has 8 nitrogen and oxygen atoms in total. The lowest BCUT2D eigenvalue weighted by Crippen LogP contribution is -2.60. The number of benzene rings is 1. The van der Waals surface area contributed by atoms with E-state index >= 15 is 0 Å². The first-order valence-corrected chi connectivity index (χ1v) is 9.05. The molecule has 2 aliphatic rings. The number of aryl methyl sites for hydroxylation is 1. The highest BCUT2D eigenvalue weighted by molar-refractivity contribution is 5.82. The summed E-state index contributed by atoms with van der Waals surface area (Å²) in [7, 11) is 0. The van der Waals surface area contributed by atoms with Gasteiger partial charge in [-0.15, -0.1) is 0 Å². The predicted octanol–water partition coefficient (Wildman–Crippen LogP) is -0.150. The molecule has 4 rings (SSSR count). The summed E-state index contributed by atoms with van der Waals surface area (Å²) in [5, 5.41) is 39.9. The molecule has 5 atom stereocenters. The third-order valence-electron chi connectivity index (χ3n) is 5.30. The average molecular weight is 378 g/mol. The second-order valence-corrected chi connectivity index (χ2v) is 7.03. The maximum atomic E-state index is 12.2. The van der Waals surface area contributed by atoms with Crippen LogP contribution in [0.15, 0.2) is 27.4 Å². The Bertz CT molecular complexity index is 889. The van der Waals surface area contributed by atoms with Gasteiger partial charge in [0.1, 0.15) is 35.7 Å². The first-order valence-electron chi connectivity index (χ1n) is 9.05. The van der Waals surface area contributed by atoms with E-state index in [2.05, 4.69) is 0 Å². The molecular formula is C19H22O8. The number of aliphatic hydroxyl groups excluding tert-OH is 4. The van der Waals surface area contributed by atoms with Crippen molar-refractivity contribution in [2.24, 2.45) is 0 Å². The van der Waals surface area contributed by atoms with Crippen LogP contribution in [0.25, 0.3) is 11.0 Å². The lowest BCUT2D eigenvalue weighted by molar-refractivity contribution is -0.277. The summed E-state index contributed by atoms with van der Waals surface area (Å²) in [5.74, 6) is 0.269. The number of rotatable bonds is 3. The highest BCUT2D eigenvalue weighted by Crippen LogP contribution is 2.30. The smallest absolute Gasteiger partial charge is 0.339 e. The topological polar surface area (TPSA) is 130 Å². The third-order valence-corrected chi connectivity index (χ3v) is 5.30. The molecule has 0 amide bonds. The molecule has 0 spiro atoms. The van der Waals surface area contributed by atoms with Crippen molar-refractivity contribution >= 4 is 11.0 Å². The van der Waals surface area contributed by atoms with Crippen molar-refractivity contribution in [3.8, 4) is 5.75 Å². The molecule has 4 N–H and O–H groups in total. The molecule has 1 aliphatic carbocycles. The Kier molecular flexibility index (Phi) is 4.92. The van der Waals surface area contributed by atoms with Crippen molar-refractivity contribution in [3.05, 3.63) is 39.7 Å². The largest absolute Gasteiger partial charge is 0.462 e. The second-order valence-electron chi connectivity index (χ2n) is 7.03. The fourth-order valence-electron chi connectivity index (χ4n) is 3.80. The molecule has 1 aliphatic heterocycles. The molecule has 0 radical (unpaired) electrons. The molecule has 1 aromatic carbocycles. The minimum atomic E-state index is -1.52. The van der Waals surface area contributed by atoms with Crippen LogP contribution in [0, 0.1) is 0 Å². The Balaban J connectivity index is 1.64. The van der Waals surface area contributed by atoms with Crippen molar-refractivity contribution in [2.45, 2.75) is 56.4 Å². The Morgan fingerprint density at radius 2 is 1.78 bits per heavy atom. The van der Waals surface area contributed by atoms with Crippen LogP contribution in [-0.2, 0) is 17.6 Å². The van der Waals surface area contributed by atoms with Crippen LogP contribution in [0.5, 0.6) is 5.75 Å². The van der Waals surface area contributed by atoms with E-state index < -0.39 is 37.3 Å². The van der Waals surface area contributed by atoms with Crippen LogP contribution in [0.1, 0.15) is 24.0 Å². The standard InChI is InChI=1S/C19H22O8/c20-8-14-15(21)16(22)17(23)19(27-14)25-9-5-6-11-10-3-1-2-4-12(10)18(24)26-13(11)7-9/h5-7,14-17,19-23H,1-4,8H2/t14-,15-,16+,17-,19+/m1/s1. The van der Waals surface area contributed by atoms with E-state index in [-0.39, 0.29) is 11.4 Å². The summed E-state index contributed by atoms with van der Waals surface area (Å²) in [6, 6.07) is 4.99. The van der Waals surface area contributed by atoms with Crippen molar-refractivity contribution in [2.75, 3.05) is 6.61 Å². The van der Waals surface area contributed by atoms with Crippen molar-refractivity contribution in [1.82, 2.24) is 0 Å². The van der Waals surface area contributed by atoms with E-state index in [0.29, 0.717) is 5.58 Å². The lowest BCUT2D eigenvalue weighted by Gasteiger charge is -2.39. The molecule has 0 saturated carbocycles. The summed E-state index contributed by atoms with van der Waals surface area (Å²) in [4.78, 5) is 12.2. The van der Waals surface area contributed by atoms with E-state index in [0.717, 1.165) is 42.2 Å². The number of hydrogen-bond donors (Lipinski definition) is 4. The zero-order valence-electron chi connectivity index (χ0n) is 14.6. The van der Waals surface area contributed by atoms with E-state index in [1.54, 1.807) is 12.1 Å². The second kappa shape index (κ2) is 7.21. The number of hydrogen-bond acceptors (Lipinski definition) is 8. The van der Waals surface area contributed by atoms with Gasteiger partial charge in [0.15, 0.2) is 0 Å². The fraction of sp³-hybridized carbons (Fsp3) is 0.526. The van der Waals surface area contributed by atoms with Gasteiger partial charge in [0.05, 0.1) is 6.61 Å². The van der Waals surface area contributed by atoms with Gasteiger partial charge in [-0.05, 0) is 43.4 Å². The Morgan fingerprint density at radius 3 is 2.52 bits per heavy atom. The van der Waals surface area contributed by atoms with Gasteiger partial charge in [-0.3, -0.25) is 0 Å². The molecule has 2 heterocycles. The molecule has 8 heteroatoms. The maximum Gasteiger partial charge on any atom is 0.339 e. The van der Waals surface area contributed by atoms with Gasteiger partial charge in [0.25, 0.3) is 0 Å². The Hall–Kier alpha value is -1.97. The highest BCUT2D eigenvalue weighted by Gasteiger charge is 2.44. The van der Waals surface area contributed by atoms with E-state index in [4.69, 9.17) is 13.9 Å². The molecule has 1 aromatic heterocycles. The minimum absolute atomic E-state index is 0.269. The molecular weight excluding hydrogens is 356 g/mol. The minimum Gasteiger partial charge on any atom is -0.462 e. The predicted molar refractivity (Wildman–Crippen MR) is 93.5 cm³/mol. The first-order chi connectivity index (χ1) is 13.0. The van der Waals surface area contributed by atoms with Gasteiger partial charge >= 0.3 is 5.63 Å². The van der Waals surface area contributed by atoms with Gasteiger partial charge < -0.3 is 34.3 Å². The van der Waals surface area contributed by atoms with Crippen molar-refractivity contribution in [1.29, 1.82) is 0 Å². The highest BCUT2D eigenvalue weighted by atomic mass is 16.7. The summed E-state index contributed by atoms with van der Waals surface area (Å²) < 4.78 is 16.4. The number of fused-ring (bicyclic) bond motifs is 3. The van der Waals surface area contributed by atoms with Crippen LogP contribution in [0.2, 0.25) is 0 Å². The Morgan fingerprint density at radius 1 is 1.04 bits per heavy atom. The van der Waals surface area contributed by atoms with E-state index in [1.807, 2.05) is 0 Å². The molecule has 0 unspecified atom stereocenters. The summed E-state index contributed by atoms with van der Waals surface area (Å²) in [6.07, 6.45) is -3.29. The molecule has 0 bridgehead atoms. The van der Waals surface area contributed by atoms with Crippen LogP contribution >= 0.6 is 0 Å². The summed E-state index contributed by atoms with van der Waals surface area (Å²) in [5.41, 5.74) is 1.77. The van der Waals surface area contributed by atoms with Gasteiger partial charge in [-0.25, -0.2) is 4.79 Å². The number of aliphatic hydroxyl groups is 4.